The van der Waals surface area contributed by atoms with Gasteiger partial charge in [0, 0.05) is 0 Å². The molecule has 0 saturated carbocycles. The molecule has 23 heavy (non-hydrogen) atoms. The minimum atomic E-state index is -5.86. The van der Waals surface area contributed by atoms with Crippen LogP contribution in [-0.2, 0) is 14.0 Å². The van der Waals surface area contributed by atoms with Crippen LogP contribution >= 0.6 is 15.2 Å². The van der Waals surface area contributed by atoms with E-state index in [0.717, 1.165) is 24.3 Å². The van der Waals surface area contributed by atoms with Crippen molar-refractivity contribution in [3.05, 3.63) is 71.8 Å². The minimum Gasteiger partial charge on any atom is -0.810 e. The van der Waals surface area contributed by atoms with Crippen molar-refractivity contribution in [1.82, 2.24) is 0 Å². The molecule has 2 aromatic rings. The predicted molar refractivity (Wildman–Crippen MR) is 80.4 cm³/mol. The molecule has 0 fully saturated rings. The predicted octanol–water partition coefficient (Wildman–Crippen LogP) is -1.05. The van der Waals surface area contributed by atoms with Gasteiger partial charge in [-0.15, -0.1) is 0 Å². The van der Waals surface area contributed by atoms with Gasteiger partial charge >= 0.3 is 75.5 Å². The Morgan fingerprint density at radius 2 is 0.870 bits per heavy atom. The summed E-state index contributed by atoms with van der Waals surface area (Å²) in [5.74, 6) is 0. The summed E-state index contributed by atoms with van der Waals surface area (Å²) in [4.78, 5) is 44.1. The summed E-state index contributed by atoms with van der Waals surface area (Å²) in [5, 5.41) is 0. The normalized spacial score (nSPS) is 12.0. The molecule has 10 heteroatoms. The first-order chi connectivity index (χ1) is 9.71. The molecule has 0 unspecified atom stereocenters. The maximum atomic E-state index is 11.8. The third kappa shape index (κ3) is 4.71. The van der Waals surface area contributed by atoms with E-state index < -0.39 is 20.1 Å². The molecule has 2 rings (SSSR count). The van der Waals surface area contributed by atoms with Crippen LogP contribution in [0, 0.1) is 0 Å². The molecular formula is C13H10Ca2O6P2. The molecule has 0 N–H and O–H groups in total. The second-order valence-electron chi connectivity index (χ2n) is 4.40. The summed E-state index contributed by atoms with van der Waals surface area (Å²) in [6, 6.07) is 13.0. The van der Waals surface area contributed by atoms with Gasteiger partial charge in [0.25, 0.3) is 0 Å². The van der Waals surface area contributed by atoms with Crippen molar-refractivity contribution in [3.63, 3.8) is 0 Å². The van der Waals surface area contributed by atoms with Crippen LogP contribution in [0.4, 0.5) is 0 Å². The fraction of sp³-hybridized carbons (Fsp3) is 0.0769. The summed E-state index contributed by atoms with van der Waals surface area (Å²) in [6.45, 7) is 0. The van der Waals surface area contributed by atoms with E-state index in [1.807, 2.05) is 0 Å². The van der Waals surface area contributed by atoms with E-state index in [1.165, 1.54) is 36.4 Å². The molecule has 0 aliphatic heterocycles. The number of benzene rings is 2. The molecule has 0 saturated heterocycles. The van der Waals surface area contributed by atoms with E-state index in [-0.39, 0.29) is 86.6 Å². The van der Waals surface area contributed by atoms with Gasteiger partial charge in [0.05, 0.1) is 4.90 Å². The van der Waals surface area contributed by atoms with Gasteiger partial charge in [-0.3, -0.25) is 0 Å². The maximum absolute atomic E-state index is 11.8. The standard InChI is InChI=1S/C13H14O6P2.2Ca/c14-20(15,16)13(21(17,18)19,11-7-3-1-4-8-11)12-9-5-2-6-10-12;;/h1-10H,(H2,14,15,16)(H2,17,18,19);;/q;2*+2/p-4. The third-order valence-corrected chi connectivity index (χ3v) is 7.23. The van der Waals surface area contributed by atoms with Gasteiger partial charge < -0.3 is 28.7 Å². The molecule has 6 nitrogen and oxygen atoms in total. The van der Waals surface area contributed by atoms with E-state index in [4.69, 9.17) is 0 Å². The molecule has 0 aliphatic rings. The maximum Gasteiger partial charge on any atom is 2.00 e. The van der Waals surface area contributed by atoms with E-state index in [2.05, 4.69) is 0 Å². The number of rotatable bonds is 4. The molecule has 0 spiro atoms. The molecule has 0 amide bonds. The largest absolute Gasteiger partial charge is 2.00 e. The van der Waals surface area contributed by atoms with Crippen LogP contribution < -0.4 is 19.6 Å². The molecule has 0 aromatic heterocycles. The van der Waals surface area contributed by atoms with Gasteiger partial charge in [-0.2, -0.15) is 0 Å². The Morgan fingerprint density at radius 1 is 0.609 bits per heavy atom. The molecule has 0 atom stereocenters. The first-order valence-corrected chi connectivity index (χ1v) is 8.95. The number of hydrogen-bond donors (Lipinski definition) is 0. The second-order valence-corrected chi connectivity index (χ2v) is 8.08. The first-order valence-electron chi connectivity index (χ1n) is 5.86. The van der Waals surface area contributed by atoms with Crippen LogP contribution in [0.15, 0.2) is 60.7 Å². The summed E-state index contributed by atoms with van der Waals surface area (Å²) in [5.41, 5.74) is -0.754. The summed E-state index contributed by atoms with van der Waals surface area (Å²) >= 11 is 0. The Labute approximate surface area is 193 Å². The van der Waals surface area contributed by atoms with Crippen LogP contribution in [0.5, 0.6) is 0 Å². The molecule has 0 aliphatic carbocycles. The van der Waals surface area contributed by atoms with Gasteiger partial charge in [0.1, 0.15) is 0 Å². The number of hydrogen-bond acceptors (Lipinski definition) is 6. The van der Waals surface area contributed by atoms with Crippen LogP contribution in [0.3, 0.4) is 0 Å². The molecule has 0 bridgehead atoms. The Bertz CT molecular complexity index is 650. The third-order valence-electron chi connectivity index (χ3n) is 3.15. The van der Waals surface area contributed by atoms with Crippen LogP contribution in [0.1, 0.15) is 11.1 Å². The van der Waals surface area contributed by atoms with Crippen molar-refractivity contribution in [2.45, 2.75) is 4.90 Å². The molecule has 112 valence electrons. The average Bonchev–Trinajstić information content (AvgIpc) is 2.38. The summed E-state index contributed by atoms with van der Waals surface area (Å²) in [6.07, 6.45) is 0. The Kier molecular flexibility index (Phi) is 9.78. The zero-order valence-electron chi connectivity index (χ0n) is 12.0. The fourth-order valence-electron chi connectivity index (χ4n) is 2.29. The van der Waals surface area contributed by atoms with Gasteiger partial charge in [-0.1, -0.05) is 60.7 Å². The van der Waals surface area contributed by atoms with Crippen molar-refractivity contribution in [3.8, 4) is 0 Å². The van der Waals surface area contributed by atoms with Crippen molar-refractivity contribution in [2.24, 2.45) is 0 Å². The fourth-order valence-corrected chi connectivity index (χ4v) is 5.35. The van der Waals surface area contributed by atoms with Crippen molar-refractivity contribution in [1.29, 1.82) is 0 Å². The molecular weight excluding hydrogens is 394 g/mol. The van der Waals surface area contributed by atoms with Crippen molar-refractivity contribution >= 4 is 90.7 Å². The Hall–Kier alpha value is 1.26. The zero-order valence-corrected chi connectivity index (χ0v) is 18.2. The molecule has 0 heterocycles. The van der Waals surface area contributed by atoms with E-state index >= 15 is 0 Å². The molecule has 0 radical (unpaired) electrons. The van der Waals surface area contributed by atoms with Gasteiger partial charge in [-0.05, 0) is 26.3 Å². The first kappa shape index (κ1) is 24.3. The smallest absolute Gasteiger partial charge is 0.810 e. The van der Waals surface area contributed by atoms with E-state index in [1.54, 1.807) is 0 Å². The van der Waals surface area contributed by atoms with E-state index in [0.29, 0.717) is 0 Å². The van der Waals surface area contributed by atoms with Crippen LogP contribution in [0.25, 0.3) is 0 Å². The SMILES string of the molecule is O=P([O-])([O-])C(c1ccccc1)(c1ccccc1)P(=O)([O-])[O-].[Ca+2].[Ca+2]. The quantitative estimate of drug-likeness (QED) is 0.473. The van der Waals surface area contributed by atoms with Gasteiger partial charge in [0.15, 0.2) is 0 Å². The zero-order chi connectivity index (χ0) is 15.7. The van der Waals surface area contributed by atoms with Gasteiger partial charge in [0.2, 0.25) is 0 Å². The summed E-state index contributed by atoms with van der Waals surface area (Å²) in [7, 11) is -11.7. The molecule has 2 aromatic carbocycles. The van der Waals surface area contributed by atoms with Crippen molar-refractivity contribution < 1.29 is 28.7 Å². The monoisotopic (exact) mass is 404 g/mol. The topological polar surface area (TPSA) is 126 Å². The van der Waals surface area contributed by atoms with Gasteiger partial charge in [-0.25, -0.2) is 0 Å². The minimum absolute atomic E-state index is 0. The van der Waals surface area contributed by atoms with Crippen LogP contribution in [-0.4, -0.2) is 75.5 Å². The average molecular weight is 404 g/mol. The van der Waals surface area contributed by atoms with Crippen molar-refractivity contribution in [2.75, 3.05) is 0 Å². The Morgan fingerprint density at radius 3 is 1.09 bits per heavy atom. The summed E-state index contributed by atoms with van der Waals surface area (Å²) < 4.78 is 23.6. The van der Waals surface area contributed by atoms with Crippen LogP contribution in [0.2, 0.25) is 0 Å². The van der Waals surface area contributed by atoms with E-state index in [9.17, 15) is 28.7 Å². The Balaban J connectivity index is 0.00000242. The second kappa shape index (κ2) is 9.27.